The van der Waals surface area contributed by atoms with Gasteiger partial charge in [-0.05, 0) is 66.7 Å². The third-order valence-electron chi connectivity index (χ3n) is 4.80. The first-order chi connectivity index (χ1) is 13.8. The van der Waals surface area contributed by atoms with Gasteiger partial charge in [0, 0.05) is 12.7 Å². The van der Waals surface area contributed by atoms with Crippen LogP contribution in [0.1, 0.15) is 66.5 Å². The van der Waals surface area contributed by atoms with Crippen LogP contribution in [0, 0.1) is 5.92 Å². The van der Waals surface area contributed by atoms with E-state index < -0.39 is 28.8 Å². The molecule has 0 spiro atoms. The van der Waals surface area contributed by atoms with E-state index in [2.05, 4.69) is 9.97 Å². The van der Waals surface area contributed by atoms with E-state index in [0.717, 1.165) is 10.6 Å². The van der Waals surface area contributed by atoms with Gasteiger partial charge < -0.3 is 19.2 Å². The van der Waals surface area contributed by atoms with Gasteiger partial charge in [0.25, 0.3) is 0 Å². The lowest BCUT2D eigenvalue weighted by molar-refractivity contribution is -0.144. The number of methoxy groups -OCH3 is 1. The van der Waals surface area contributed by atoms with Gasteiger partial charge in [-0.25, -0.2) is 19.5 Å². The number of imidazole rings is 1. The van der Waals surface area contributed by atoms with Gasteiger partial charge in [0.1, 0.15) is 16.6 Å². The number of carbonyl (C=O) groups is 3. The number of rotatable bonds is 6. The maximum Gasteiger partial charge on any atom is 0.419 e. The van der Waals surface area contributed by atoms with Crippen molar-refractivity contribution in [2.24, 2.45) is 5.92 Å². The molecule has 168 valence electrons. The highest BCUT2D eigenvalue weighted by Gasteiger charge is 2.62. The molecule has 9 nitrogen and oxygen atoms in total. The standard InChI is InChI=1S/C21H33N3O6/c1-19(2,3)29-17(26)24(18(27)30-20(4,5)6)10-8-9-14-11-21(14,16(25)28-7)15-12-22-13-23-15/h12-14H,8-11H2,1-7H3,(H,22,23)/t14-,21+/m0/s1. The van der Waals surface area contributed by atoms with Crippen LogP contribution in [0.2, 0.25) is 0 Å². The number of esters is 1. The Morgan fingerprint density at radius 1 is 1.13 bits per heavy atom. The lowest BCUT2D eigenvalue weighted by Crippen LogP contribution is -2.44. The SMILES string of the molecule is COC(=O)[C@]1(c2cnc[nH]2)C[C@@H]1CCCN(C(=O)OC(C)(C)C)C(=O)OC(C)(C)C. The van der Waals surface area contributed by atoms with Gasteiger partial charge in [-0.2, -0.15) is 0 Å². The van der Waals surface area contributed by atoms with Gasteiger partial charge in [-0.1, -0.05) is 0 Å². The highest BCUT2D eigenvalue weighted by molar-refractivity contribution is 5.88. The van der Waals surface area contributed by atoms with Crippen molar-refractivity contribution in [3.05, 3.63) is 18.2 Å². The van der Waals surface area contributed by atoms with Crippen molar-refractivity contribution in [2.75, 3.05) is 13.7 Å². The number of nitrogens with one attached hydrogen (secondary N) is 1. The highest BCUT2D eigenvalue weighted by Crippen LogP contribution is 2.56. The molecule has 1 heterocycles. The summed E-state index contributed by atoms with van der Waals surface area (Å²) in [5, 5.41) is 0. The van der Waals surface area contributed by atoms with Crippen LogP contribution in [-0.2, 0) is 24.4 Å². The summed E-state index contributed by atoms with van der Waals surface area (Å²) in [6, 6.07) is 0. The fourth-order valence-electron chi connectivity index (χ4n) is 3.44. The Morgan fingerprint density at radius 3 is 2.13 bits per heavy atom. The van der Waals surface area contributed by atoms with Gasteiger partial charge in [-0.3, -0.25) is 4.79 Å². The molecule has 0 aliphatic heterocycles. The van der Waals surface area contributed by atoms with Crippen LogP contribution in [0.3, 0.4) is 0 Å². The summed E-state index contributed by atoms with van der Waals surface area (Å²) in [5.41, 5.74) is -1.51. The molecule has 1 aliphatic carbocycles. The summed E-state index contributed by atoms with van der Waals surface area (Å²) in [6.45, 7) is 10.5. The second-order valence-corrected chi connectivity index (χ2v) is 9.58. The van der Waals surface area contributed by atoms with Gasteiger partial charge in [0.2, 0.25) is 0 Å². The van der Waals surface area contributed by atoms with Crippen molar-refractivity contribution >= 4 is 18.2 Å². The Kier molecular flexibility index (Phi) is 6.83. The van der Waals surface area contributed by atoms with Crippen molar-refractivity contribution in [3.63, 3.8) is 0 Å². The first kappa shape index (κ1) is 23.7. The number of hydrogen-bond acceptors (Lipinski definition) is 7. The zero-order chi connectivity index (χ0) is 22.7. The van der Waals surface area contributed by atoms with Gasteiger partial charge in [0.15, 0.2) is 0 Å². The molecule has 1 aromatic rings. The number of carbonyl (C=O) groups excluding carboxylic acids is 3. The van der Waals surface area contributed by atoms with Crippen molar-refractivity contribution in [3.8, 4) is 0 Å². The largest absolute Gasteiger partial charge is 0.468 e. The van der Waals surface area contributed by atoms with Crippen molar-refractivity contribution in [1.82, 2.24) is 14.9 Å². The Bertz CT molecular complexity index is 735. The normalized spacial score (nSPS) is 21.0. The van der Waals surface area contributed by atoms with Crippen molar-refractivity contribution < 1.29 is 28.6 Å². The molecule has 2 atom stereocenters. The van der Waals surface area contributed by atoms with E-state index in [-0.39, 0.29) is 18.4 Å². The summed E-state index contributed by atoms with van der Waals surface area (Å²) < 4.78 is 15.7. The summed E-state index contributed by atoms with van der Waals surface area (Å²) in [4.78, 5) is 45.5. The van der Waals surface area contributed by atoms with Gasteiger partial charge in [0.05, 0.1) is 19.1 Å². The smallest absolute Gasteiger partial charge is 0.419 e. The van der Waals surface area contributed by atoms with Gasteiger partial charge in [-0.15, -0.1) is 0 Å². The summed E-state index contributed by atoms with van der Waals surface area (Å²) in [7, 11) is 1.36. The molecule has 2 rings (SSSR count). The van der Waals surface area contributed by atoms with E-state index in [4.69, 9.17) is 14.2 Å². The first-order valence-electron chi connectivity index (χ1n) is 10.1. The Morgan fingerprint density at radius 2 is 1.70 bits per heavy atom. The molecule has 1 fully saturated rings. The van der Waals surface area contributed by atoms with Gasteiger partial charge >= 0.3 is 18.2 Å². The Balaban J connectivity index is 2.04. The van der Waals surface area contributed by atoms with E-state index in [1.807, 2.05) is 0 Å². The van der Waals surface area contributed by atoms with Crippen LogP contribution in [0.15, 0.2) is 12.5 Å². The van der Waals surface area contributed by atoms with Crippen LogP contribution >= 0.6 is 0 Å². The van der Waals surface area contributed by atoms with E-state index in [0.29, 0.717) is 19.3 Å². The summed E-state index contributed by atoms with van der Waals surface area (Å²) in [6.07, 6.45) is 3.40. The zero-order valence-corrected chi connectivity index (χ0v) is 18.9. The van der Waals surface area contributed by atoms with Crippen molar-refractivity contribution in [2.45, 2.75) is 77.4 Å². The molecule has 1 N–H and O–H groups in total. The predicted octanol–water partition coefficient (Wildman–Crippen LogP) is 3.79. The average molecular weight is 424 g/mol. The van der Waals surface area contributed by atoms with Crippen LogP contribution in [0.25, 0.3) is 0 Å². The predicted molar refractivity (Wildman–Crippen MR) is 109 cm³/mol. The van der Waals surface area contributed by atoms with E-state index >= 15 is 0 Å². The molecule has 0 bridgehead atoms. The van der Waals surface area contributed by atoms with Crippen LogP contribution in [0.4, 0.5) is 9.59 Å². The minimum atomic E-state index is -0.750. The fraction of sp³-hybridized carbons (Fsp3) is 0.714. The molecule has 1 aromatic heterocycles. The first-order valence-corrected chi connectivity index (χ1v) is 10.1. The molecular formula is C21H33N3O6. The number of H-pyrrole nitrogens is 1. The Labute approximate surface area is 177 Å². The number of nitrogens with zero attached hydrogens (tertiary/aromatic N) is 2. The number of imide groups is 1. The minimum absolute atomic E-state index is 0.0320. The Hall–Kier alpha value is -2.58. The van der Waals surface area contributed by atoms with Crippen LogP contribution < -0.4 is 0 Å². The third-order valence-corrected chi connectivity index (χ3v) is 4.80. The molecular weight excluding hydrogens is 390 g/mol. The lowest BCUT2D eigenvalue weighted by Gasteiger charge is -2.28. The summed E-state index contributed by atoms with van der Waals surface area (Å²) >= 11 is 0. The molecule has 1 saturated carbocycles. The van der Waals surface area contributed by atoms with E-state index in [1.54, 1.807) is 47.7 Å². The average Bonchev–Trinajstić information content (AvgIpc) is 3.05. The maximum absolute atomic E-state index is 12.6. The highest BCUT2D eigenvalue weighted by atomic mass is 16.6. The van der Waals surface area contributed by atoms with Crippen LogP contribution in [-0.4, -0.2) is 57.9 Å². The monoisotopic (exact) mass is 423 g/mol. The number of aromatic amines is 1. The summed E-state index contributed by atoms with van der Waals surface area (Å²) in [5.74, 6) is -0.280. The molecule has 9 heteroatoms. The van der Waals surface area contributed by atoms with E-state index in [9.17, 15) is 14.4 Å². The molecule has 0 saturated heterocycles. The molecule has 0 unspecified atom stereocenters. The number of amides is 2. The second-order valence-electron chi connectivity index (χ2n) is 9.58. The van der Waals surface area contributed by atoms with Crippen LogP contribution in [0.5, 0.6) is 0 Å². The van der Waals surface area contributed by atoms with E-state index in [1.165, 1.54) is 13.4 Å². The molecule has 2 amide bonds. The minimum Gasteiger partial charge on any atom is -0.468 e. The molecule has 0 aromatic carbocycles. The number of hydrogen-bond donors (Lipinski definition) is 1. The lowest BCUT2D eigenvalue weighted by atomic mass is 9.97. The van der Waals surface area contributed by atoms with Crippen molar-refractivity contribution in [1.29, 1.82) is 0 Å². The zero-order valence-electron chi connectivity index (χ0n) is 18.9. The third kappa shape index (κ3) is 5.73. The number of ether oxygens (including phenoxy) is 3. The quantitative estimate of drug-likeness (QED) is 0.547. The maximum atomic E-state index is 12.6. The topological polar surface area (TPSA) is 111 Å². The fourth-order valence-corrected chi connectivity index (χ4v) is 3.44. The molecule has 0 radical (unpaired) electrons. The second kappa shape index (κ2) is 8.65. The molecule has 30 heavy (non-hydrogen) atoms. The number of aromatic nitrogens is 2. The molecule has 1 aliphatic rings.